The van der Waals surface area contributed by atoms with Crippen LogP contribution in [0.25, 0.3) is 0 Å². The van der Waals surface area contributed by atoms with Crippen LogP contribution < -0.4 is 9.80 Å². The summed E-state index contributed by atoms with van der Waals surface area (Å²) in [5.74, 6) is -0.309. The predicted molar refractivity (Wildman–Crippen MR) is 164 cm³/mol. The Morgan fingerprint density at radius 3 is 2.02 bits per heavy atom. The molecule has 0 amide bonds. The van der Waals surface area contributed by atoms with Gasteiger partial charge in [-0.15, -0.1) is 0 Å². The van der Waals surface area contributed by atoms with Gasteiger partial charge in [-0.3, -0.25) is 9.48 Å². The third-order valence-electron chi connectivity index (χ3n) is 9.35. The molecule has 2 aromatic carbocycles. The number of anilines is 2. The van der Waals surface area contributed by atoms with Crippen LogP contribution in [0.3, 0.4) is 0 Å². The van der Waals surface area contributed by atoms with E-state index in [1.165, 1.54) is 11.1 Å². The van der Waals surface area contributed by atoms with Gasteiger partial charge in [0.15, 0.2) is 5.82 Å². The quantitative estimate of drug-likeness (QED) is 0.224. The van der Waals surface area contributed by atoms with Crippen molar-refractivity contribution in [3.63, 3.8) is 0 Å². The second-order valence-corrected chi connectivity index (χ2v) is 12.7. The Bertz CT molecular complexity index is 1490. The van der Waals surface area contributed by atoms with Crippen LogP contribution in [0, 0.1) is 11.8 Å². The van der Waals surface area contributed by atoms with E-state index in [1.807, 2.05) is 0 Å². The zero-order valence-electron chi connectivity index (χ0n) is 26.1. The number of hydrogen-bond donors (Lipinski definition) is 1. The molecule has 12 heteroatoms. The first-order valence-electron chi connectivity index (χ1n) is 15.9. The average Bonchev–Trinajstić information content (AvgIpc) is 3.44. The molecule has 0 bridgehead atoms. The number of hydrogen-bond acceptors (Lipinski definition) is 4. The Kier molecular flexibility index (Phi) is 9.93. The molecule has 0 spiro atoms. The highest BCUT2D eigenvalue weighted by molar-refractivity contribution is 5.70. The van der Waals surface area contributed by atoms with Gasteiger partial charge in [0.05, 0.1) is 17.0 Å². The number of fused-ring (bicyclic) bond motifs is 1. The summed E-state index contributed by atoms with van der Waals surface area (Å²) in [6.45, 7) is 3.49. The van der Waals surface area contributed by atoms with Crippen molar-refractivity contribution in [2.24, 2.45) is 18.9 Å². The summed E-state index contributed by atoms with van der Waals surface area (Å²) in [6.07, 6.45) is -1.33. The second kappa shape index (κ2) is 13.6. The Morgan fingerprint density at radius 2 is 1.50 bits per heavy atom. The average molecular weight is 651 g/mol. The van der Waals surface area contributed by atoms with Crippen LogP contribution >= 0.6 is 0 Å². The van der Waals surface area contributed by atoms with E-state index in [4.69, 9.17) is 0 Å². The number of aromatic nitrogens is 2. The third kappa shape index (κ3) is 7.98. The van der Waals surface area contributed by atoms with Crippen molar-refractivity contribution in [3.8, 4) is 0 Å². The molecule has 1 saturated carbocycles. The van der Waals surface area contributed by atoms with E-state index >= 15 is 0 Å². The number of carboxylic acid groups (broad SMARTS) is 1. The van der Waals surface area contributed by atoms with E-state index in [0.29, 0.717) is 31.1 Å². The summed E-state index contributed by atoms with van der Waals surface area (Å²) in [4.78, 5) is 15.5. The van der Waals surface area contributed by atoms with Crippen LogP contribution in [0.4, 0.5) is 37.8 Å². The lowest BCUT2D eigenvalue weighted by Gasteiger charge is -2.35. The van der Waals surface area contributed by atoms with Crippen LogP contribution in [0.15, 0.2) is 42.6 Å². The Morgan fingerprint density at radius 1 is 0.891 bits per heavy atom. The fourth-order valence-corrected chi connectivity index (χ4v) is 6.87. The maximum Gasteiger partial charge on any atom is 0.416 e. The molecule has 1 N–H and O–H groups in total. The van der Waals surface area contributed by atoms with Gasteiger partial charge in [-0.05, 0) is 111 Å². The lowest BCUT2D eigenvalue weighted by atomic mass is 9.81. The largest absolute Gasteiger partial charge is 0.481 e. The van der Waals surface area contributed by atoms with Crippen molar-refractivity contribution in [2.45, 2.75) is 83.7 Å². The summed E-state index contributed by atoms with van der Waals surface area (Å²) in [6, 6.07) is 7.78. The fourth-order valence-electron chi connectivity index (χ4n) is 6.87. The van der Waals surface area contributed by atoms with Gasteiger partial charge in [-0.25, -0.2) is 0 Å². The van der Waals surface area contributed by atoms with Crippen molar-refractivity contribution >= 4 is 17.5 Å². The van der Waals surface area contributed by atoms with Gasteiger partial charge >= 0.3 is 18.3 Å². The van der Waals surface area contributed by atoms with Crippen molar-refractivity contribution in [1.29, 1.82) is 0 Å². The molecule has 2 aliphatic rings. The Hall–Kier alpha value is -3.70. The van der Waals surface area contributed by atoms with Gasteiger partial charge < -0.3 is 14.9 Å². The molecule has 2 aliphatic carbocycles. The molecule has 0 aliphatic heterocycles. The highest BCUT2D eigenvalue weighted by Gasteiger charge is 2.37. The van der Waals surface area contributed by atoms with E-state index < -0.39 is 29.4 Å². The van der Waals surface area contributed by atoms with Gasteiger partial charge in [0, 0.05) is 51.2 Å². The van der Waals surface area contributed by atoms with E-state index in [1.54, 1.807) is 28.9 Å². The number of aliphatic carboxylic acids is 1. The topological polar surface area (TPSA) is 61.6 Å². The van der Waals surface area contributed by atoms with Gasteiger partial charge in [0.1, 0.15) is 0 Å². The minimum Gasteiger partial charge on any atom is -0.481 e. The van der Waals surface area contributed by atoms with Crippen LogP contribution in [0.2, 0.25) is 0 Å². The lowest BCUT2D eigenvalue weighted by molar-refractivity contribution is -0.144. The SMILES string of the molecule is CCN(CC1CCC(C(=O)O)CC1)c1cc2c(cc1CN(Cc1cc(C(F)(F)F)cc(C(F)(F)F)c1)c1ccn(C)n1)CCCC2. The standard InChI is InChI=1S/C34H40F6N4O2/c1-3-43(19-22-8-10-24(11-9-22)32(45)46)30-17-26-7-5-4-6-25(26)16-27(30)21-44(31-12-13-42(2)41-31)20-23-14-28(33(35,36)37)18-29(15-23)34(38,39)40/h12-18,22,24H,3-11,19-21H2,1-2H3,(H,45,46). The highest BCUT2D eigenvalue weighted by Crippen LogP contribution is 2.38. The zero-order chi connectivity index (χ0) is 33.2. The summed E-state index contributed by atoms with van der Waals surface area (Å²) in [7, 11) is 1.70. The summed E-state index contributed by atoms with van der Waals surface area (Å²) >= 11 is 0. The van der Waals surface area contributed by atoms with E-state index in [2.05, 4.69) is 29.1 Å². The minimum absolute atomic E-state index is 0.116. The molecular weight excluding hydrogens is 610 g/mol. The Balaban J connectivity index is 1.51. The smallest absolute Gasteiger partial charge is 0.416 e. The number of halogens is 6. The molecule has 46 heavy (non-hydrogen) atoms. The number of benzene rings is 2. The molecule has 0 saturated heterocycles. The van der Waals surface area contributed by atoms with Gasteiger partial charge in [-0.1, -0.05) is 6.07 Å². The molecule has 1 aromatic heterocycles. The van der Waals surface area contributed by atoms with Crippen molar-refractivity contribution < 1.29 is 36.2 Å². The number of carbonyl (C=O) groups is 1. The number of alkyl halides is 6. The molecular formula is C34H40F6N4O2. The highest BCUT2D eigenvalue weighted by atomic mass is 19.4. The predicted octanol–water partition coefficient (Wildman–Crippen LogP) is 8.26. The minimum atomic E-state index is -4.94. The molecule has 0 atom stereocenters. The van der Waals surface area contributed by atoms with E-state index in [-0.39, 0.29) is 30.6 Å². The molecule has 6 nitrogen and oxygen atoms in total. The summed E-state index contributed by atoms with van der Waals surface area (Å²) < 4.78 is 83.8. The summed E-state index contributed by atoms with van der Waals surface area (Å²) in [5.41, 5.74) is 1.58. The van der Waals surface area contributed by atoms with Crippen molar-refractivity contribution in [3.05, 3.63) is 76.0 Å². The maximum absolute atomic E-state index is 13.7. The molecule has 250 valence electrons. The van der Waals surface area contributed by atoms with Gasteiger partial charge in [0.25, 0.3) is 0 Å². The number of nitrogens with zero attached hydrogens (tertiary/aromatic N) is 4. The van der Waals surface area contributed by atoms with Gasteiger partial charge in [-0.2, -0.15) is 31.4 Å². The first-order valence-corrected chi connectivity index (χ1v) is 15.9. The Labute approximate surface area is 265 Å². The number of carboxylic acids is 1. The van der Waals surface area contributed by atoms with Crippen molar-refractivity contribution in [2.75, 3.05) is 22.9 Å². The van der Waals surface area contributed by atoms with Crippen molar-refractivity contribution in [1.82, 2.24) is 9.78 Å². The fraction of sp³-hybridized carbons (Fsp3) is 0.529. The molecule has 1 heterocycles. The van der Waals surface area contributed by atoms with E-state index in [0.717, 1.165) is 68.5 Å². The zero-order valence-corrected chi connectivity index (χ0v) is 26.1. The normalized spacial score (nSPS) is 18.7. The molecule has 0 unspecified atom stereocenters. The van der Waals surface area contributed by atoms with Crippen LogP contribution in [0.5, 0.6) is 0 Å². The molecule has 3 aromatic rings. The first kappa shape index (κ1) is 33.7. The second-order valence-electron chi connectivity index (χ2n) is 12.7. The number of rotatable bonds is 10. The van der Waals surface area contributed by atoms with Crippen LogP contribution in [-0.4, -0.2) is 33.9 Å². The van der Waals surface area contributed by atoms with Crippen LogP contribution in [0.1, 0.15) is 78.8 Å². The van der Waals surface area contributed by atoms with Gasteiger partial charge in [0.2, 0.25) is 0 Å². The third-order valence-corrected chi connectivity index (χ3v) is 9.35. The van der Waals surface area contributed by atoms with E-state index in [9.17, 15) is 36.2 Å². The number of aryl methyl sites for hydroxylation is 3. The molecule has 0 radical (unpaired) electrons. The lowest BCUT2D eigenvalue weighted by Crippen LogP contribution is -2.34. The maximum atomic E-state index is 13.7. The first-order chi connectivity index (χ1) is 21.7. The van der Waals surface area contributed by atoms with Crippen LogP contribution in [-0.2, 0) is 50.1 Å². The summed E-state index contributed by atoms with van der Waals surface area (Å²) in [5, 5.41) is 13.9. The molecule has 1 fully saturated rings. The molecule has 5 rings (SSSR count). The monoisotopic (exact) mass is 650 g/mol.